The van der Waals surface area contributed by atoms with Crippen LogP contribution >= 0.6 is 0 Å². The van der Waals surface area contributed by atoms with E-state index in [-0.39, 0.29) is 5.56 Å². The lowest BCUT2D eigenvalue weighted by Gasteiger charge is -2.24. The molecule has 1 aromatic rings. The molecule has 1 fully saturated rings. The third-order valence-electron chi connectivity index (χ3n) is 3.86. The zero-order valence-electron chi connectivity index (χ0n) is 15.8. The molecule has 0 radical (unpaired) electrons. The monoisotopic (exact) mass is 433 g/mol. The molecule has 4 atom stereocenters. The van der Waals surface area contributed by atoms with Gasteiger partial charge in [-0.25, -0.2) is 4.79 Å². The average molecular weight is 433 g/mol. The molecule has 0 aromatic heterocycles. The molecule has 1 aromatic carbocycles. The number of benzene rings is 1. The van der Waals surface area contributed by atoms with Crippen LogP contribution in [0.25, 0.3) is 0 Å². The first-order valence-electron chi connectivity index (χ1n) is 8.58. The number of ether oxygens (including phenoxy) is 4. The largest absolute Gasteiger partial charge is 0.471 e. The highest BCUT2D eigenvalue weighted by Gasteiger charge is 2.52. The van der Waals surface area contributed by atoms with Crippen LogP contribution in [0, 0.1) is 0 Å². The second-order valence-electron chi connectivity index (χ2n) is 6.19. The molecular formula is C18H18F3NO8. The van der Waals surface area contributed by atoms with Gasteiger partial charge in [0.15, 0.2) is 6.10 Å². The van der Waals surface area contributed by atoms with Crippen LogP contribution < -0.4 is 5.32 Å². The van der Waals surface area contributed by atoms with Gasteiger partial charge in [0, 0.05) is 13.8 Å². The molecule has 30 heavy (non-hydrogen) atoms. The topological polar surface area (TPSA) is 117 Å². The minimum atomic E-state index is -5.24. The number of alkyl halides is 3. The summed E-state index contributed by atoms with van der Waals surface area (Å²) in [5.74, 6) is -4.94. The first-order chi connectivity index (χ1) is 14.0. The van der Waals surface area contributed by atoms with Gasteiger partial charge in [0.2, 0.25) is 6.29 Å². The maximum atomic E-state index is 12.7. The molecule has 0 bridgehead atoms. The Morgan fingerprint density at radius 2 is 1.63 bits per heavy atom. The fourth-order valence-corrected chi connectivity index (χ4v) is 2.66. The lowest BCUT2D eigenvalue weighted by Crippen LogP contribution is -2.54. The number of hydrogen-bond acceptors (Lipinski definition) is 8. The summed E-state index contributed by atoms with van der Waals surface area (Å²) in [6, 6.07) is 6.09. The predicted octanol–water partition coefficient (Wildman–Crippen LogP) is 1.11. The van der Waals surface area contributed by atoms with Gasteiger partial charge in [-0.2, -0.15) is 13.2 Å². The summed E-state index contributed by atoms with van der Waals surface area (Å²) in [5, 5.41) is 1.64. The molecule has 0 aliphatic carbocycles. The molecule has 12 heteroatoms. The normalized spacial score (nSPS) is 23.4. The highest BCUT2D eigenvalue weighted by molar-refractivity contribution is 5.89. The van der Waals surface area contributed by atoms with Crippen molar-refractivity contribution in [1.82, 2.24) is 5.32 Å². The van der Waals surface area contributed by atoms with E-state index in [4.69, 9.17) is 18.9 Å². The van der Waals surface area contributed by atoms with Crippen molar-refractivity contribution in [2.45, 2.75) is 44.6 Å². The van der Waals surface area contributed by atoms with E-state index in [2.05, 4.69) is 0 Å². The summed E-state index contributed by atoms with van der Waals surface area (Å²) in [5.41, 5.74) is 0.166. The maximum Gasteiger partial charge on any atom is 0.471 e. The van der Waals surface area contributed by atoms with Gasteiger partial charge in [0.1, 0.15) is 18.8 Å². The third-order valence-corrected chi connectivity index (χ3v) is 3.86. The summed E-state index contributed by atoms with van der Waals surface area (Å²) in [6.07, 6.45) is -9.87. The number of amides is 1. The number of hydrogen-bond donors (Lipinski definition) is 1. The highest BCUT2D eigenvalue weighted by atomic mass is 19.4. The van der Waals surface area contributed by atoms with Gasteiger partial charge in [-0.15, -0.1) is 0 Å². The molecule has 1 heterocycles. The highest BCUT2D eigenvalue weighted by Crippen LogP contribution is 2.27. The quantitative estimate of drug-likeness (QED) is 0.524. The molecule has 1 aliphatic heterocycles. The Morgan fingerprint density at radius 3 is 2.17 bits per heavy atom. The van der Waals surface area contributed by atoms with Crippen molar-refractivity contribution in [1.29, 1.82) is 0 Å². The van der Waals surface area contributed by atoms with Gasteiger partial charge in [-0.3, -0.25) is 14.4 Å². The molecule has 9 nitrogen and oxygen atoms in total. The summed E-state index contributed by atoms with van der Waals surface area (Å²) in [4.78, 5) is 46.2. The zero-order valence-corrected chi connectivity index (χ0v) is 15.8. The van der Waals surface area contributed by atoms with E-state index in [0.29, 0.717) is 0 Å². The van der Waals surface area contributed by atoms with Crippen molar-refractivity contribution in [2.75, 3.05) is 6.61 Å². The second kappa shape index (κ2) is 9.57. The van der Waals surface area contributed by atoms with Gasteiger partial charge < -0.3 is 24.3 Å². The molecule has 0 unspecified atom stereocenters. The molecule has 0 saturated carbocycles. The summed E-state index contributed by atoms with van der Waals surface area (Å²) < 4.78 is 58.3. The molecule has 1 saturated heterocycles. The molecular weight excluding hydrogens is 415 g/mol. The van der Waals surface area contributed by atoms with Crippen LogP contribution in [0.15, 0.2) is 30.3 Å². The van der Waals surface area contributed by atoms with Gasteiger partial charge in [-0.05, 0) is 12.1 Å². The number of carbonyl (C=O) groups is 4. The van der Waals surface area contributed by atoms with E-state index < -0.39 is 61.1 Å². The van der Waals surface area contributed by atoms with Crippen molar-refractivity contribution >= 4 is 23.8 Å². The average Bonchev–Trinajstić information content (AvgIpc) is 2.95. The van der Waals surface area contributed by atoms with Crippen LogP contribution in [-0.2, 0) is 33.3 Å². The van der Waals surface area contributed by atoms with Crippen molar-refractivity contribution < 1.29 is 51.3 Å². The standard InChI is InChI=1S/C18H18F3NO8/c1-9(23)28-14-13(22-17(26)18(19,20)21)12(30-16(14)29-10(2)24)8-27-15(25)11-6-4-3-5-7-11/h3-7,12-14,16H,8H2,1-2H3,(H,22,26)/t12-,13-,14-,16-/m1/s1. The van der Waals surface area contributed by atoms with E-state index in [1.165, 1.54) is 12.1 Å². The second-order valence-corrected chi connectivity index (χ2v) is 6.19. The van der Waals surface area contributed by atoms with Crippen LogP contribution in [-0.4, -0.2) is 61.1 Å². The van der Waals surface area contributed by atoms with Gasteiger partial charge >= 0.3 is 30.0 Å². The van der Waals surface area contributed by atoms with Crippen LogP contribution in [0.2, 0.25) is 0 Å². The molecule has 0 spiro atoms. The Kier molecular flexibility index (Phi) is 7.38. The molecule has 1 N–H and O–H groups in total. The maximum absolute atomic E-state index is 12.7. The summed E-state index contributed by atoms with van der Waals surface area (Å²) in [7, 11) is 0. The Bertz CT molecular complexity index is 798. The fourth-order valence-electron chi connectivity index (χ4n) is 2.66. The summed E-state index contributed by atoms with van der Waals surface area (Å²) >= 11 is 0. The molecule has 2 rings (SSSR count). The number of nitrogens with one attached hydrogen (secondary N) is 1. The van der Waals surface area contributed by atoms with Crippen molar-refractivity contribution in [3.05, 3.63) is 35.9 Å². The number of rotatable bonds is 6. The number of carbonyl (C=O) groups excluding carboxylic acids is 4. The molecule has 1 aliphatic rings. The Balaban J connectivity index is 2.22. The lowest BCUT2D eigenvalue weighted by molar-refractivity contribution is -0.195. The lowest BCUT2D eigenvalue weighted by atomic mass is 10.1. The van der Waals surface area contributed by atoms with Gasteiger partial charge in [0.05, 0.1) is 5.56 Å². The van der Waals surface area contributed by atoms with Gasteiger partial charge in [-0.1, -0.05) is 18.2 Å². The fraction of sp³-hybridized carbons (Fsp3) is 0.444. The van der Waals surface area contributed by atoms with E-state index >= 15 is 0 Å². The first kappa shape index (κ1) is 23.1. The number of esters is 3. The molecule has 1 amide bonds. The Morgan fingerprint density at radius 1 is 1.03 bits per heavy atom. The summed E-state index contributed by atoms with van der Waals surface area (Å²) in [6.45, 7) is 1.35. The van der Waals surface area contributed by atoms with Crippen molar-refractivity contribution in [3.63, 3.8) is 0 Å². The first-order valence-corrected chi connectivity index (χ1v) is 8.58. The van der Waals surface area contributed by atoms with E-state index in [1.54, 1.807) is 23.5 Å². The predicted molar refractivity (Wildman–Crippen MR) is 90.7 cm³/mol. The van der Waals surface area contributed by atoms with Crippen molar-refractivity contribution in [3.8, 4) is 0 Å². The third kappa shape index (κ3) is 6.17. The van der Waals surface area contributed by atoms with E-state index in [1.807, 2.05) is 0 Å². The Labute approximate surface area is 168 Å². The van der Waals surface area contributed by atoms with Crippen LogP contribution in [0.3, 0.4) is 0 Å². The van der Waals surface area contributed by atoms with E-state index in [9.17, 15) is 32.3 Å². The Hall–Kier alpha value is -3.15. The zero-order chi connectivity index (χ0) is 22.5. The number of halogens is 3. The molecule has 164 valence electrons. The van der Waals surface area contributed by atoms with Crippen molar-refractivity contribution in [2.24, 2.45) is 0 Å². The minimum Gasteiger partial charge on any atom is -0.459 e. The van der Waals surface area contributed by atoms with Crippen LogP contribution in [0.1, 0.15) is 24.2 Å². The van der Waals surface area contributed by atoms with Gasteiger partial charge in [0.25, 0.3) is 0 Å². The SMILES string of the molecule is CC(=O)O[C@@H]1O[C@H](COC(=O)c2ccccc2)[C@@H](NC(=O)C(F)(F)F)[C@H]1OC(C)=O. The minimum absolute atomic E-state index is 0.166. The van der Waals surface area contributed by atoms with Crippen LogP contribution in [0.5, 0.6) is 0 Å². The smallest absolute Gasteiger partial charge is 0.459 e. The van der Waals surface area contributed by atoms with Crippen LogP contribution in [0.4, 0.5) is 13.2 Å². The van der Waals surface area contributed by atoms with E-state index in [0.717, 1.165) is 13.8 Å².